The van der Waals surface area contributed by atoms with E-state index in [1.165, 1.54) is 6.20 Å². The predicted molar refractivity (Wildman–Crippen MR) is 88.6 cm³/mol. The molecule has 0 saturated carbocycles. The Hall–Kier alpha value is -1.95. The number of nitrogens with one attached hydrogen (secondary N) is 1. The lowest BCUT2D eigenvalue weighted by atomic mass is 10.2. The second-order valence-electron chi connectivity index (χ2n) is 4.65. The quantitative estimate of drug-likeness (QED) is 0.915. The SMILES string of the molecule is CC.Cc1ncc(CS(=O)(=O)CCc2ccccc2)c(=O)[nH]1. The van der Waals surface area contributed by atoms with E-state index in [0.717, 1.165) is 5.56 Å². The molecule has 0 unspecified atom stereocenters. The molecule has 1 heterocycles. The zero-order valence-electron chi connectivity index (χ0n) is 13.2. The van der Waals surface area contributed by atoms with Gasteiger partial charge in [0.05, 0.1) is 17.1 Å². The first kappa shape index (κ1) is 18.1. The number of aromatic amines is 1. The number of aryl methyl sites for hydroxylation is 2. The molecule has 0 fully saturated rings. The second kappa shape index (κ2) is 8.48. The van der Waals surface area contributed by atoms with Gasteiger partial charge in [-0.1, -0.05) is 44.2 Å². The molecule has 1 aromatic heterocycles. The molecule has 1 N–H and O–H groups in total. The molecule has 0 amide bonds. The number of hydrogen-bond donors (Lipinski definition) is 1. The summed E-state index contributed by atoms with van der Waals surface area (Å²) in [5.41, 5.74) is 0.761. The summed E-state index contributed by atoms with van der Waals surface area (Å²) in [7, 11) is -3.33. The van der Waals surface area contributed by atoms with Crippen LogP contribution in [0.2, 0.25) is 0 Å². The van der Waals surface area contributed by atoms with Gasteiger partial charge in [0.1, 0.15) is 5.82 Å². The lowest BCUT2D eigenvalue weighted by Gasteiger charge is -2.04. The maximum atomic E-state index is 12.0. The minimum atomic E-state index is -3.33. The van der Waals surface area contributed by atoms with Gasteiger partial charge in [-0.15, -0.1) is 0 Å². The number of benzene rings is 1. The topological polar surface area (TPSA) is 79.9 Å². The van der Waals surface area contributed by atoms with Gasteiger partial charge >= 0.3 is 0 Å². The molecule has 5 nitrogen and oxygen atoms in total. The van der Waals surface area contributed by atoms with Crippen LogP contribution in [0, 0.1) is 6.92 Å². The molecule has 0 radical (unpaired) electrons. The summed E-state index contributed by atoms with van der Waals surface area (Å²) in [5, 5.41) is 0. The van der Waals surface area contributed by atoms with E-state index in [4.69, 9.17) is 0 Å². The molecule has 0 aliphatic heterocycles. The lowest BCUT2D eigenvalue weighted by molar-refractivity contribution is 0.594. The van der Waals surface area contributed by atoms with Crippen molar-refractivity contribution in [1.29, 1.82) is 0 Å². The fraction of sp³-hybridized carbons (Fsp3) is 0.375. The average molecular weight is 322 g/mol. The molecule has 6 heteroatoms. The van der Waals surface area contributed by atoms with Crippen LogP contribution in [0.1, 0.15) is 30.8 Å². The Morgan fingerprint density at radius 3 is 2.36 bits per heavy atom. The van der Waals surface area contributed by atoms with Gasteiger partial charge in [-0.3, -0.25) is 4.79 Å². The Labute approximate surface area is 131 Å². The lowest BCUT2D eigenvalue weighted by Crippen LogP contribution is -2.20. The van der Waals surface area contributed by atoms with Gasteiger partial charge in [-0.2, -0.15) is 0 Å². The summed E-state index contributed by atoms with van der Waals surface area (Å²) in [5.74, 6) is 0.215. The molecule has 0 aliphatic carbocycles. The summed E-state index contributed by atoms with van der Waals surface area (Å²) >= 11 is 0. The number of H-pyrrole nitrogens is 1. The Kier molecular flexibility index (Phi) is 6.98. The van der Waals surface area contributed by atoms with E-state index in [1.54, 1.807) is 6.92 Å². The molecule has 0 atom stereocenters. The van der Waals surface area contributed by atoms with Gasteiger partial charge in [-0.25, -0.2) is 13.4 Å². The molecule has 0 saturated heterocycles. The maximum absolute atomic E-state index is 12.0. The Balaban J connectivity index is 0.00000116. The molecule has 2 aromatic rings. The van der Waals surface area contributed by atoms with Crippen molar-refractivity contribution < 1.29 is 8.42 Å². The van der Waals surface area contributed by atoms with Crippen LogP contribution in [0.3, 0.4) is 0 Å². The van der Waals surface area contributed by atoms with Crippen LogP contribution in [-0.4, -0.2) is 24.1 Å². The fourth-order valence-corrected chi connectivity index (χ4v) is 3.21. The van der Waals surface area contributed by atoms with E-state index in [2.05, 4.69) is 9.97 Å². The third-order valence-electron chi connectivity index (χ3n) is 2.92. The van der Waals surface area contributed by atoms with Gasteiger partial charge in [0, 0.05) is 6.20 Å². The van der Waals surface area contributed by atoms with Gasteiger partial charge < -0.3 is 4.98 Å². The van der Waals surface area contributed by atoms with Crippen LogP contribution in [0.25, 0.3) is 0 Å². The number of sulfone groups is 1. The van der Waals surface area contributed by atoms with E-state index in [9.17, 15) is 13.2 Å². The van der Waals surface area contributed by atoms with Crippen molar-refractivity contribution >= 4 is 9.84 Å². The standard InChI is InChI=1S/C14H16N2O3S.C2H6/c1-11-15-9-13(14(17)16-11)10-20(18,19)8-7-12-5-3-2-4-6-12;1-2/h2-6,9H,7-8,10H2,1H3,(H,15,16,17);1-2H3. The van der Waals surface area contributed by atoms with Crippen LogP contribution in [0.15, 0.2) is 41.3 Å². The van der Waals surface area contributed by atoms with E-state index in [0.29, 0.717) is 12.2 Å². The van der Waals surface area contributed by atoms with E-state index >= 15 is 0 Å². The van der Waals surface area contributed by atoms with Crippen LogP contribution < -0.4 is 5.56 Å². The van der Waals surface area contributed by atoms with E-state index < -0.39 is 9.84 Å². The molecule has 1 aromatic carbocycles. The highest BCUT2D eigenvalue weighted by Gasteiger charge is 2.15. The molecule has 0 spiro atoms. The van der Waals surface area contributed by atoms with Crippen LogP contribution in [0.4, 0.5) is 0 Å². The predicted octanol–water partition coefficient (Wildman–Crippen LogP) is 2.26. The molecule has 22 heavy (non-hydrogen) atoms. The highest BCUT2D eigenvalue weighted by molar-refractivity contribution is 7.90. The van der Waals surface area contributed by atoms with Crippen molar-refractivity contribution in [2.75, 3.05) is 5.75 Å². The molecule has 2 rings (SSSR count). The number of rotatable bonds is 5. The normalized spacial score (nSPS) is 10.7. The molecule has 0 aliphatic rings. The Morgan fingerprint density at radius 2 is 1.77 bits per heavy atom. The van der Waals surface area contributed by atoms with Crippen molar-refractivity contribution in [1.82, 2.24) is 9.97 Å². The zero-order valence-corrected chi connectivity index (χ0v) is 14.0. The van der Waals surface area contributed by atoms with Crippen molar-refractivity contribution in [3.8, 4) is 0 Å². The minimum absolute atomic E-state index is 0.0182. The molecule has 0 bridgehead atoms. The van der Waals surface area contributed by atoms with Crippen LogP contribution in [0.5, 0.6) is 0 Å². The second-order valence-corrected chi connectivity index (χ2v) is 6.83. The van der Waals surface area contributed by atoms with Crippen molar-refractivity contribution in [2.45, 2.75) is 32.9 Å². The first-order chi connectivity index (χ1) is 10.5. The van der Waals surface area contributed by atoms with Gasteiger partial charge in [0.25, 0.3) is 5.56 Å². The van der Waals surface area contributed by atoms with Crippen LogP contribution >= 0.6 is 0 Å². The summed E-state index contributed by atoms with van der Waals surface area (Å²) in [6.45, 7) is 5.65. The van der Waals surface area contributed by atoms with Gasteiger partial charge in [0.15, 0.2) is 9.84 Å². The number of aromatic nitrogens is 2. The van der Waals surface area contributed by atoms with E-state index in [1.807, 2.05) is 44.2 Å². The van der Waals surface area contributed by atoms with Crippen molar-refractivity contribution in [3.63, 3.8) is 0 Å². The minimum Gasteiger partial charge on any atom is -0.311 e. The molecule has 120 valence electrons. The Morgan fingerprint density at radius 1 is 1.14 bits per heavy atom. The highest BCUT2D eigenvalue weighted by Crippen LogP contribution is 2.06. The first-order valence-electron chi connectivity index (χ1n) is 7.25. The summed E-state index contributed by atoms with van der Waals surface area (Å²) in [6.07, 6.45) is 1.77. The van der Waals surface area contributed by atoms with Crippen molar-refractivity contribution in [3.05, 3.63) is 63.8 Å². The summed E-state index contributed by atoms with van der Waals surface area (Å²) < 4.78 is 24.1. The molecular formula is C16H22N2O3S. The average Bonchev–Trinajstić information content (AvgIpc) is 2.51. The highest BCUT2D eigenvalue weighted by atomic mass is 32.2. The Bertz CT molecular complexity index is 737. The largest absolute Gasteiger partial charge is 0.311 e. The smallest absolute Gasteiger partial charge is 0.255 e. The first-order valence-corrected chi connectivity index (χ1v) is 9.07. The van der Waals surface area contributed by atoms with Crippen LogP contribution in [-0.2, 0) is 22.0 Å². The molecular weight excluding hydrogens is 300 g/mol. The zero-order chi connectivity index (χ0) is 16.6. The number of hydrogen-bond acceptors (Lipinski definition) is 4. The third-order valence-corrected chi connectivity index (χ3v) is 4.50. The van der Waals surface area contributed by atoms with Gasteiger partial charge in [0.2, 0.25) is 0 Å². The third kappa shape index (κ3) is 5.81. The van der Waals surface area contributed by atoms with Gasteiger partial charge in [-0.05, 0) is 18.9 Å². The summed E-state index contributed by atoms with van der Waals surface area (Å²) in [4.78, 5) is 18.1. The monoisotopic (exact) mass is 322 g/mol. The fourth-order valence-electron chi connectivity index (χ4n) is 1.84. The van der Waals surface area contributed by atoms with Crippen molar-refractivity contribution in [2.24, 2.45) is 0 Å². The van der Waals surface area contributed by atoms with E-state index in [-0.39, 0.29) is 22.6 Å². The number of nitrogens with zero attached hydrogens (tertiary/aromatic N) is 1. The summed E-state index contributed by atoms with van der Waals surface area (Å²) in [6, 6.07) is 9.40. The maximum Gasteiger partial charge on any atom is 0.255 e.